The quantitative estimate of drug-likeness (QED) is 0.503. The number of hydrogen-bond acceptors (Lipinski definition) is 4. The van der Waals surface area contributed by atoms with Crippen molar-refractivity contribution in [3.05, 3.63) is 36.7 Å². The van der Waals surface area contributed by atoms with Crippen molar-refractivity contribution < 1.29 is 9.53 Å². The molecule has 0 saturated carbocycles. The zero-order chi connectivity index (χ0) is 9.52. The van der Waals surface area contributed by atoms with E-state index in [9.17, 15) is 4.79 Å². The van der Waals surface area contributed by atoms with E-state index >= 15 is 0 Å². The third kappa shape index (κ3) is 3.85. The van der Waals surface area contributed by atoms with Gasteiger partial charge in [-0.2, -0.15) is 0 Å². The van der Waals surface area contributed by atoms with Crippen molar-refractivity contribution in [3.8, 4) is 0 Å². The first kappa shape index (κ1) is 9.92. The number of hydrogen-bond donors (Lipinski definition) is 0. The number of rotatable bonds is 2. The molecule has 1 heterocycles. The summed E-state index contributed by atoms with van der Waals surface area (Å²) in [6.07, 6.45) is 11.1. The van der Waals surface area contributed by atoms with Gasteiger partial charge < -0.3 is 4.74 Å². The van der Waals surface area contributed by atoms with E-state index in [4.69, 9.17) is 4.74 Å². The molecule has 4 heteroatoms. The van der Waals surface area contributed by atoms with E-state index in [0.717, 1.165) is 11.9 Å². The zero-order valence-corrected chi connectivity index (χ0v) is 8.16. The second-order valence-corrected chi connectivity index (χ2v) is 3.14. The molecule has 0 bridgehead atoms. The van der Waals surface area contributed by atoms with Crippen molar-refractivity contribution >= 4 is 17.2 Å². The smallest absolute Gasteiger partial charge is 0.388 e. The van der Waals surface area contributed by atoms with Crippen LogP contribution in [0.15, 0.2) is 36.7 Å². The molecule has 1 aliphatic rings. The molecular formula is C9H11NO2S. The average Bonchev–Trinajstić information content (AvgIpc) is 2.33. The summed E-state index contributed by atoms with van der Waals surface area (Å²) in [6, 6.07) is 0. The van der Waals surface area contributed by atoms with Crippen molar-refractivity contribution in [3.63, 3.8) is 0 Å². The van der Waals surface area contributed by atoms with Gasteiger partial charge >= 0.3 is 5.30 Å². The zero-order valence-electron chi connectivity index (χ0n) is 7.34. The molecule has 3 nitrogen and oxygen atoms in total. The highest BCUT2D eigenvalue weighted by Crippen LogP contribution is 2.15. The van der Waals surface area contributed by atoms with Gasteiger partial charge in [0, 0.05) is 12.4 Å². The van der Waals surface area contributed by atoms with Crippen LogP contribution in [0.1, 0.15) is 6.92 Å². The second-order valence-electron chi connectivity index (χ2n) is 2.20. The van der Waals surface area contributed by atoms with Crippen molar-refractivity contribution in [2.75, 3.05) is 6.61 Å². The minimum Gasteiger partial charge on any atom is -0.457 e. The van der Waals surface area contributed by atoms with Gasteiger partial charge in [0.2, 0.25) is 0 Å². The normalized spacial score (nSPS) is 14.4. The van der Waals surface area contributed by atoms with Crippen molar-refractivity contribution in [2.24, 2.45) is 0 Å². The lowest BCUT2D eigenvalue weighted by Crippen LogP contribution is -2.05. The minimum absolute atomic E-state index is 0.293. The van der Waals surface area contributed by atoms with Crippen LogP contribution >= 0.6 is 11.9 Å². The lowest BCUT2D eigenvalue weighted by molar-refractivity contribution is 0.181. The van der Waals surface area contributed by atoms with Crippen LogP contribution in [0, 0.1) is 0 Å². The van der Waals surface area contributed by atoms with Crippen LogP contribution in [0.4, 0.5) is 4.79 Å². The molecule has 70 valence electrons. The van der Waals surface area contributed by atoms with E-state index in [2.05, 4.69) is 0 Å². The van der Waals surface area contributed by atoms with E-state index in [1.807, 2.05) is 24.3 Å². The number of allylic oxidation sites excluding steroid dienone is 4. The largest absolute Gasteiger partial charge is 0.457 e. The van der Waals surface area contributed by atoms with Crippen LogP contribution in [0.3, 0.4) is 0 Å². The summed E-state index contributed by atoms with van der Waals surface area (Å²) < 4.78 is 6.47. The van der Waals surface area contributed by atoms with Crippen LogP contribution in [-0.4, -0.2) is 16.2 Å². The molecule has 0 unspecified atom stereocenters. The molecule has 1 aliphatic heterocycles. The van der Waals surface area contributed by atoms with Gasteiger partial charge in [0.1, 0.15) is 0 Å². The predicted molar refractivity (Wildman–Crippen MR) is 53.9 cm³/mol. The van der Waals surface area contributed by atoms with E-state index < -0.39 is 0 Å². The molecule has 0 fully saturated rings. The second kappa shape index (κ2) is 5.48. The van der Waals surface area contributed by atoms with E-state index in [1.54, 1.807) is 23.6 Å². The maximum atomic E-state index is 11.0. The highest BCUT2D eigenvalue weighted by atomic mass is 32.2. The molecule has 0 aromatic heterocycles. The molecule has 0 amide bonds. The van der Waals surface area contributed by atoms with Gasteiger partial charge in [-0.1, -0.05) is 12.2 Å². The first-order valence-electron chi connectivity index (χ1n) is 3.97. The third-order valence-electron chi connectivity index (χ3n) is 1.24. The van der Waals surface area contributed by atoms with Crippen LogP contribution in [0.25, 0.3) is 0 Å². The van der Waals surface area contributed by atoms with Crippen LogP contribution in [0.5, 0.6) is 0 Å². The molecule has 0 N–H and O–H groups in total. The highest BCUT2D eigenvalue weighted by Gasteiger charge is 2.06. The summed E-state index contributed by atoms with van der Waals surface area (Å²) in [7, 11) is 0. The molecule has 0 spiro atoms. The Morgan fingerprint density at radius 3 is 2.46 bits per heavy atom. The van der Waals surface area contributed by atoms with Gasteiger partial charge in [-0.25, -0.2) is 4.79 Å². The molecule has 13 heavy (non-hydrogen) atoms. The lowest BCUT2D eigenvalue weighted by Gasteiger charge is -2.10. The van der Waals surface area contributed by atoms with Crippen molar-refractivity contribution in [1.82, 2.24) is 4.31 Å². The van der Waals surface area contributed by atoms with Crippen LogP contribution in [-0.2, 0) is 4.74 Å². The summed E-state index contributed by atoms with van der Waals surface area (Å²) >= 11 is 1.02. The Morgan fingerprint density at radius 2 is 1.92 bits per heavy atom. The highest BCUT2D eigenvalue weighted by molar-refractivity contribution is 8.11. The standard InChI is InChI=1S/C9H11NO2S/c1-2-12-9(11)13-10-7-5-3-4-6-8-10/h3-8H,2H2,1H3. The lowest BCUT2D eigenvalue weighted by atomic mass is 10.5. The summed E-state index contributed by atoms with van der Waals surface area (Å²) in [5, 5.41) is -0.293. The van der Waals surface area contributed by atoms with Crippen molar-refractivity contribution in [2.45, 2.75) is 6.92 Å². The molecule has 0 saturated heterocycles. The molecular weight excluding hydrogens is 186 g/mol. The fraction of sp³-hybridized carbons (Fsp3) is 0.222. The number of carbonyl (C=O) groups excluding carboxylic acids is 1. The van der Waals surface area contributed by atoms with E-state index in [1.165, 1.54) is 0 Å². The first-order chi connectivity index (χ1) is 6.33. The van der Waals surface area contributed by atoms with Gasteiger partial charge in [-0.15, -0.1) is 0 Å². The Labute approximate surface area is 81.9 Å². The van der Waals surface area contributed by atoms with Gasteiger partial charge in [-0.3, -0.25) is 4.31 Å². The molecule has 0 aromatic rings. The maximum Gasteiger partial charge on any atom is 0.388 e. The number of ether oxygens (including phenoxy) is 1. The van der Waals surface area contributed by atoms with Crippen LogP contribution in [0.2, 0.25) is 0 Å². The van der Waals surface area contributed by atoms with Gasteiger partial charge in [-0.05, 0) is 19.1 Å². The first-order valence-corrected chi connectivity index (χ1v) is 4.75. The fourth-order valence-corrected chi connectivity index (χ4v) is 1.34. The van der Waals surface area contributed by atoms with E-state index in [0.29, 0.717) is 6.61 Å². The Hall–Kier alpha value is -1.16. The topological polar surface area (TPSA) is 29.5 Å². The van der Waals surface area contributed by atoms with E-state index in [-0.39, 0.29) is 5.30 Å². The number of nitrogens with zero attached hydrogens (tertiary/aromatic N) is 1. The SMILES string of the molecule is CCOC(=O)SN1C=CC=CC=C1. The molecule has 1 rings (SSSR count). The predicted octanol–water partition coefficient (Wildman–Crippen LogP) is 2.69. The van der Waals surface area contributed by atoms with Gasteiger partial charge in [0.05, 0.1) is 18.6 Å². The summed E-state index contributed by atoms with van der Waals surface area (Å²) in [4.78, 5) is 11.0. The van der Waals surface area contributed by atoms with Crippen LogP contribution < -0.4 is 0 Å². The minimum atomic E-state index is -0.293. The Kier molecular flexibility index (Phi) is 4.18. The fourth-order valence-electron chi connectivity index (χ4n) is 0.738. The van der Waals surface area contributed by atoms with Crippen molar-refractivity contribution in [1.29, 1.82) is 0 Å². The Morgan fingerprint density at radius 1 is 1.31 bits per heavy atom. The molecule has 0 atom stereocenters. The summed E-state index contributed by atoms with van der Waals surface area (Å²) in [6.45, 7) is 2.19. The van der Waals surface area contributed by atoms with Gasteiger partial charge in [0.25, 0.3) is 0 Å². The molecule has 0 radical (unpaired) electrons. The molecule has 0 aliphatic carbocycles. The monoisotopic (exact) mass is 197 g/mol. The Bertz CT molecular complexity index is 242. The molecule has 0 aromatic carbocycles. The van der Waals surface area contributed by atoms with Gasteiger partial charge in [0.15, 0.2) is 0 Å². The Balaban J connectivity index is 2.40. The summed E-state index contributed by atoms with van der Waals surface area (Å²) in [5.41, 5.74) is 0. The maximum absolute atomic E-state index is 11.0. The third-order valence-corrected chi connectivity index (χ3v) is 1.96. The summed E-state index contributed by atoms with van der Waals surface area (Å²) in [5.74, 6) is 0. The average molecular weight is 197 g/mol. The number of carbonyl (C=O) groups is 1.